The molecule has 2 N–H and O–H groups in total. The van der Waals surface area contributed by atoms with E-state index in [1.165, 1.54) is 21.6 Å². The Balaban J connectivity index is 1.41. The second-order valence-electron chi connectivity index (χ2n) is 10.6. The van der Waals surface area contributed by atoms with Gasteiger partial charge in [-0.25, -0.2) is 18.3 Å². The highest BCUT2D eigenvalue weighted by atomic mass is 19.4. The van der Waals surface area contributed by atoms with E-state index < -0.39 is 60.7 Å². The number of fused-ring (bicyclic) bond motifs is 1. The summed E-state index contributed by atoms with van der Waals surface area (Å²) < 4.78 is 71.4. The fraction of sp³-hybridized carbons (Fsp3) is 0.577. The highest BCUT2D eigenvalue weighted by Gasteiger charge is 2.45. The minimum atomic E-state index is -4.41. The molecule has 4 heterocycles. The van der Waals surface area contributed by atoms with Crippen molar-refractivity contribution in [2.75, 3.05) is 6.54 Å². The first-order chi connectivity index (χ1) is 18.9. The zero-order valence-electron chi connectivity index (χ0n) is 21.8. The number of nitrogens with zero attached hydrogens (tertiary/aromatic N) is 5. The van der Waals surface area contributed by atoms with Crippen molar-refractivity contribution >= 4 is 17.5 Å². The van der Waals surface area contributed by atoms with Gasteiger partial charge in [0.25, 0.3) is 5.91 Å². The smallest absolute Gasteiger partial charge is 0.355 e. The van der Waals surface area contributed by atoms with Crippen LogP contribution in [0.3, 0.4) is 0 Å². The predicted octanol–water partition coefficient (Wildman–Crippen LogP) is 4.10. The molecule has 3 aromatic rings. The number of aryl methyl sites for hydroxylation is 1. The van der Waals surface area contributed by atoms with Gasteiger partial charge in [0.2, 0.25) is 11.8 Å². The normalized spacial score (nSPS) is 24.1. The molecule has 14 heteroatoms. The SMILES string of the molecule is CCn1nccc1C(=O)NC(c1cn2nc(CC3C[C@@H](C(F)(F)F)CNC3=O)ccc2n1)[C@@H]1CCCC(F)(F)C1. The monoisotopic (exact) mass is 567 g/mol. The summed E-state index contributed by atoms with van der Waals surface area (Å²) in [6, 6.07) is 3.90. The summed E-state index contributed by atoms with van der Waals surface area (Å²) in [6.07, 6.45) is -1.57. The maximum Gasteiger partial charge on any atom is 0.393 e. The van der Waals surface area contributed by atoms with Gasteiger partial charge in [-0.15, -0.1) is 0 Å². The van der Waals surface area contributed by atoms with Crippen molar-refractivity contribution in [1.29, 1.82) is 0 Å². The number of imidazole rings is 1. The fourth-order valence-electron chi connectivity index (χ4n) is 5.70. The molecule has 2 amide bonds. The molecule has 1 saturated heterocycles. The lowest BCUT2D eigenvalue weighted by Crippen LogP contribution is -2.47. The van der Waals surface area contributed by atoms with Crippen molar-refractivity contribution < 1.29 is 31.5 Å². The highest BCUT2D eigenvalue weighted by Crippen LogP contribution is 2.42. The number of alkyl halides is 5. The molecule has 0 aromatic carbocycles. The van der Waals surface area contributed by atoms with Crippen LogP contribution in [0.15, 0.2) is 30.6 Å². The molecular formula is C26H30F5N7O2. The molecule has 1 saturated carbocycles. The lowest BCUT2D eigenvalue weighted by atomic mass is 9.80. The van der Waals surface area contributed by atoms with Crippen molar-refractivity contribution in [3.8, 4) is 0 Å². The molecule has 0 bridgehead atoms. The van der Waals surface area contributed by atoms with Gasteiger partial charge in [-0.05, 0) is 50.3 Å². The summed E-state index contributed by atoms with van der Waals surface area (Å²) in [6.45, 7) is 1.84. The molecule has 2 unspecified atom stereocenters. The van der Waals surface area contributed by atoms with E-state index in [2.05, 4.69) is 25.8 Å². The third kappa shape index (κ3) is 5.94. The topological polar surface area (TPSA) is 106 Å². The van der Waals surface area contributed by atoms with Gasteiger partial charge in [0.1, 0.15) is 5.69 Å². The van der Waals surface area contributed by atoms with Gasteiger partial charge in [-0.2, -0.15) is 23.4 Å². The number of carbonyl (C=O) groups excluding carboxylic acids is 2. The maximum absolute atomic E-state index is 14.4. The van der Waals surface area contributed by atoms with Crippen molar-refractivity contribution in [3.63, 3.8) is 0 Å². The first kappa shape index (κ1) is 28.0. The number of rotatable bonds is 7. The molecular weight excluding hydrogens is 537 g/mol. The third-order valence-corrected chi connectivity index (χ3v) is 7.78. The zero-order valence-corrected chi connectivity index (χ0v) is 21.8. The minimum Gasteiger partial charge on any atom is -0.355 e. The van der Waals surface area contributed by atoms with Crippen LogP contribution in [0.2, 0.25) is 0 Å². The predicted molar refractivity (Wildman–Crippen MR) is 132 cm³/mol. The van der Waals surface area contributed by atoms with Crippen LogP contribution in [0.1, 0.15) is 66.9 Å². The van der Waals surface area contributed by atoms with Crippen LogP contribution in [-0.4, -0.2) is 54.8 Å². The molecule has 216 valence electrons. The quantitative estimate of drug-likeness (QED) is 0.419. The van der Waals surface area contributed by atoms with Gasteiger partial charge in [0, 0.05) is 44.5 Å². The van der Waals surface area contributed by atoms with Crippen molar-refractivity contribution in [1.82, 2.24) is 35.0 Å². The van der Waals surface area contributed by atoms with Gasteiger partial charge < -0.3 is 10.6 Å². The standard InChI is InChI=1S/C26H30F5N7O2/c1-2-37-20(7-9-33-37)24(40)35-22(15-4-3-8-25(27,28)12-15)19-14-38-21(34-19)6-5-18(36-38)11-16-10-17(26(29,30)31)13-32-23(16)39/h5-7,9,14-17,22H,2-4,8,10-13H2,1H3,(H,32,39)(H,35,40)/t15-,16?,17-,22?/m1/s1. The maximum atomic E-state index is 14.4. The molecule has 0 radical (unpaired) electrons. The zero-order chi connectivity index (χ0) is 28.7. The van der Waals surface area contributed by atoms with E-state index in [9.17, 15) is 31.5 Å². The second-order valence-corrected chi connectivity index (χ2v) is 10.6. The number of carbonyl (C=O) groups is 2. The van der Waals surface area contributed by atoms with Crippen LogP contribution >= 0.6 is 0 Å². The number of aromatic nitrogens is 5. The average molecular weight is 568 g/mol. The lowest BCUT2D eigenvalue weighted by molar-refractivity contribution is -0.183. The first-order valence-corrected chi connectivity index (χ1v) is 13.3. The summed E-state index contributed by atoms with van der Waals surface area (Å²) in [7, 11) is 0. The van der Waals surface area contributed by atoms with Crippen LogP contribution in [0.4, 0.5) is 22.0 Å². The number of halogens is 5. The average Bonchev–Trinajstić information content (AvgIpc) is 3.54. The molecule has 0 spiro atoms. The van der Waals surface area contributed by atoms with E-state index in [1.807, 2.05) is 6.92 Å². The molecule has 5 rings (SSSR count). The van der Waals surface area contributed by atoms with Crippen molar-refractivity contribution in [3.05, 3.63) is 47.7 Å². The number of piperidine rings is 1. The van der Waals surface area contributed by atoms with E-state index in [0.717, 1.165) is 0 Å². The Kier molecular flexibility index (Phi) is 7.53. The molecule has 1 aliphatic heterocycles. The molecule has 2 aliphatic rings. The Morgan fingerprint density at radius 2 is 2.08 bits per heavy atom. The number of hydrogen-bond acceptors (Lipinski definition) is 5. The number of nitrogens with one attached hydrogen (secondary N) is 2. The fourth-order valence-corrected chi connectivity index (χ4v) is 5.70. The summed E-state index contributed by atoms with van der Waals surface area (Å²) in [5.41, 5.74) is 1.40. The van der Waals surface area contributed by atoms with Gasteiger partial charge in [-0.1, -0.05) is 0 Å². The number of amides is 2. The lowest BCUT2D eigenvalue weighted by Gasteiger charge is -2.34. The first-order valence-electron chi connectivity index (χ1n) is 13.3. The van der Waals surface area contributed by atoms with Gasteiger partial charge in [0.15, 0.2) is 5.65 Å². The van der Waals surface area contributed by atoms with Crippen molar-refractivity contribution in [2.24, 2.45) is 17.8 Å². The number of hydrogen-bond donors (Lipinski definition) is 2. The Labute approximate surface area is 226 Å². The van der Waals surface area contributed by atoms with Gasteiger partial charge in [0.05, 0.1) is 29.5 Å². The van der Waals surface area contributed by atoms with Crippen LogP contribution in [0.25, 0.3) is 5.65 Å². The second kappa shape index (κ2) is 10.8. The van der Waals surface area contributed by atoms with E-state index >= 15 is 0 Å². The Morgan fingerprint density at radius 1 is 1.27 bits per heavy atom. The summed E-state index contributed by atoms with van der Waals surface area (Å²) >= 11 is 0. The Hall–Kier alpha value is -3.58. The molecule has 4 atom stereocenters. The van der Waals surface area contributed by atoms with Crippen LogP contribution < -0.4 is 10.6 Å². The third-order valence-electron chi connectivity index (χ3n) is 7.78. The summed E-state index contributed by atoms with van der Waals surface area (Å²) in [5, 5.41) is 13.8. The van der Waals surface area contributed by atoms with E-state index in [0.29, 0.717) is 42.1 Å². The summed E-state index contributed by atoms with van der Waals surface area (Å²) in [4.78, 5) is 30.0. The Bertz CT molecular complexity index is 1390. The van der Waals surface area contributed by atoms with E-state index in [1.54, 1.807) is 18.2 Å². The molecule has 3 aromatic heterocycles. The van der Waals surface area contributed by atoms with Crippen molar-refractivity contribution in [2.45, 2.75) is 70.1 Å². The van der Waals surface area contributed by atoms with Gasteiger partial charge >= 0.3 is 6.18 Å². The highest BCUT2D eigenvalue weighted by molar-refractivity contribution is 5.92. The molecule has 1 aliphatic carbocycles. The van der Waals surface area contributed by atoms with E-state index in [4.69, 9.17) is 0 Å². The Morgan fingerprint density at radius 3 is 2.80 bits per heavy atom. The van der Waals surface area contributed by atoms with Crippen LogP contribution in [0, 0.1) is 17.8 Å². The summed E-state index contributed by atoms with van der Waals surface area (Å²) in [5.74, 6) is -6.89. The largest absolute Gasteiger partial charge is 0.393 e. The molecule has 40 heavy (non-hydrogen) atoms. The van der Waals surface area contributed by atoms with E-state index in [-0.39, 0.29) is 19.3 Å². The molecule has 9 nitrogen and oxygen atoms in total. The van der Waals surface area contributed by atoms with Crippen LogP contribution in [-0.2, 0) is 17.8 Å². The molecule has 2 fully saturated rings. The van der Waals surface area contributed by atoms with Gasteiger partial charge in [-0.3, -0.25) is 14.3 Å². The minimum absolute atomic E-state index is 0.00210. The van der Waals surface area contributed by atoms with Crippen LogP contribution in [0.5, 0.6) is 0 Å².